The number of hydrogen-bond donors (Lipinski definition) is 0. The lowest BCUT2D eigenvalue weighted by Gasteiger charge is -2.26. The summed E-state index contributed by atoms with van der Waals surface area (Å²) in [6.07, 6.45) is 0. The van der Waals surface area contributed by atoms with Crippen LogP contribution in [0, 0.1) is 11.3 Å². The van der Waals surface area contributed by atoms with Crippen molar-refractivity contribution in [3.05, 3.63) is 175 Å². The Balaban J connectivity index is 1.33. The second-order valence-corrected chi connectivity index (χ2v) is 11.2. The van der Waals surface area contributed by atoms with Gasteiger partial charge in [-0.1, -0.05) is 121 Å². The molecule has 0 N–H and O–H groups in total. The summed E-state index contributed by atoms with van der Waals surface area (Å²) in [5.41, 5.74) is 8.69. The third-order valence-corrected chi connectivity index (χ3v) is 8.67. The molecular formula is C43H28N2. The van der Waals surface area contributed by atoms with Crippen molar-refractivity contribution < 1.29 is 0 Å². The number of anilines is 3. The third kappa shape index (κ3) is 4.59. The summed E-state index contributed by atoms with van der Waals surface area (Å²) in [6.45, 7) is 0. The van der Waals surface area contributed by atoms with Crippen LogP contribution in [0.25, 0.3) is 54.6 Å². The highest BCUT2D eigenvalue weighted by atomic mass is 15.1. The van der Waals surface area contributed by atoms with E-state index < -0.39 is 0 Å². The molecule has 8 aromatic carbocycles. The van der Waals surface area contributed by atoms with Gasteiger partial charge in [0.05, 0.1) is 11.6 Å². The molecule has 2 nitrogen and oxygen atoms in total. The summed E-state index contributed by atoms with van der Waals surface area (Å²) < 4.78 is 0. The van der Waals surface area contributed by atoms with Crippen LogP contribution in [0.1, 0.15) is 5.56 Å². The van der Waals surface area contributed by atoms with Crippen molar-refractivity contribution in [1.82, 2.24) is 0 Å². The largest absolute Gasteiger partial charge is 0.311 e. The SMILES string of the molecule is N#Cc1ccc(N(c2ccccc2)c2ccc(-c3c4ccccc4c(-c4cccc5ccccc45)c4ccccc34)cc2)cc1. The molecule has 0 spiro atoms. The zero-order valence-corrected chi connectivity index (χ0v) is 24.6. The van der Waals surface area contributed by atoms with Crippen LogP contribution in [0.2, 0.25) is 0 Å². The lowest BCUT2D eigenvalue weighted by molar-refractivity contribution is 1.28. The van der Waals surface area contributed by atoms with E-state index in [1.54, 1.807) is 0 Å². The number of para-hydroxylation sites is 1. The lowest BCUT2D eigenvalue weighted by atomic mass is 9.85. The molecule has 0 aromatic heterocycles. The first kappa shape index (κ1) is 26.5. The van der Waals surface area contributed by atoms with Crippen molar-refractivity contribution in [3.63, 3.8) is 0 Å². The van der Waals surface area contributed by atoms with Crippen LogP contribution in [0.5, 0.6) is 0 Å². The topological polar surface area (TPSA) is 27.0 Å². The van der Waals surface area contributed by atoms with Crippen LogP contribution in [0.3, 0.4) is 0 Å². The Morgan fingerprint density at radius 2 is 0.844 bits per heavy atom. The number of nitriles is 1. The molecule has 0 radical (unpaired) electrons. The van der Waals surface area contributed by atoms with E-state index >= 15 is 0 Å². The van der Waals surface area contributed by atoms with E-state index in [4.69, 9.17) is 0 Å². The highest BCUT2D eigenvalue weighted by Crippen LogP contribution is 2.45. The Kier molecular flexibility index (Phi) is 6.56. The highest BCUT2D eigenvalue weighted by Gasteiger charge is 2.18. The third-order valence-electron chi connectivity index (χ3n) is 8.67. The minimum atomic E-state index is 0.646. The van der Waals surface area contributed by atoms with Crippen molar-refractivity contribution in [2.45, 2.75) is 0 Å². The van der Waals surface area contributed by atoms with Crippen molar-refractivity contribution in [3.8, 4) is 28.3 Å². The highest BCUT2D eigenvalue weighted by molar-refractivity contribution is 6.23. The summed E-state index contributed by atoms with van der Waals surface area (Å²) in [6, 6.07) is 62.1. The average Bonchev–Trinajstić information content (AvgIpc) is 3.12. The molecular weight excluding hydrogens is 544 g/mol. The summed E-state index contributed by atoms with van der Waals surface area (Å²) in [5, 5.41) is 16.8. The van der Waals surface area contributed by atoms with Gasteiger partial charge in [0.25, 0.3) is 0 Å². The molecule has 0 saturated carbocycles. The van der Waals surface area contributed by atoms with Crippen LogP contribution < -0.4 is 4.90 Å². The van der Waals surface area contributed by atoms with Gasteiger partial charge in [0.1, 0.15) is 0 Å². The van der Waals surface area contributed by atoms with Gasteiger partial charge >= 0.3 is 0 Å². The van der Waals surface area contributed by atoms with E-state index in [2.05, 4.69) is 150 Å². The van der Waals surface area contributed by atoms with Crippen LogP contribution in [0.15, 0.2) is 170 Å². The lowest BCUT2D eigenvalue weighted by Crippen LogP contribution is -2.09. The summed E-state index contributed by atoms with van der Waals surface area (Å²) in [5.74, 6) is 0. The smallest absolute Gasteiger partial charge is 0.0991 e. The monoisotopic (exact) mass is 572 g/mol. The van der Waals surface area contributed by atoms with Crippen LogP contribution in [0.4, 0.5) is 17.1 Å². The van der Waals surface area contributed by atoms with E-state index in [1.807, 2.05) is 30.3 Å². The van der Waals surface area contributed by atoms with Crippen molar-refractivity contribution >= 4 is 49.4 Å². The normalized spacial score (nSPS) is 11.1. The van der Waals surface area contributed by atoms with Gasteiger partial charge in [-0.3, -0.25) is 0 Å². The number of benzene rings is 8. The molecule has 0 saturated heterocycles. The zero-order valence-electron chi connectivity index (χ0n) is 24.6. The van der Waals surface area contributed by atoms with Gasteiger partial charge in [-0.15, -0.1) is 0 Å². The Hall–Kier alpha value is -6.17. The van der Waals surface area contributed by atoms with Gasteiger partial charge in [-0.2, -0.15) is 5.26 Å². The average molecular weight is 573 g/mol. The standard InChI is InChI=1S/C43H28N2/c44-29-30-21-25-34(26-22-30)45(33-13-2-1-3-14-33)35-27-23-32(24-28-35)42-38-16-6-8-18-40(38)43(41-19-9-7-17-39(41)42)37-20-10-12-31-11-4-5-15-36(31)37/h1-28H. The minimum absolute atomic E-state index is 0.646. The molecule has 0 aliphatic heterocycles. The fraction of sp³-hybridized carbons (Fsp3) is 0. The number of fused-ring (bicyclic) bond motifs is 3. The van der Waals surface area contributed by atoms with E-state index in [-0.39, 0.29) is 0 Å². The maximum atomic E-state index is 9.36. The van der Waals surface area contributed by atoms with E-state index in [0.29, 0.717) is 5.56 Å². The zero-order chi connectivity index (χ0) is 30.2. The van der Waals surface area contributed by atoms with Crippen molar-refractivity contribution in [1.29, 1.82) is 5.26 Å². The molecule has 0 fully saturated rings. The Morgan fingerprint density at radius 3 is 1.44 bits per heavy atom. The van der Waals surface area contributed by atoms with Crippen molar-refractivity contribution in [2.24, 2.45) is 0 Å². The summed E-state index contributed by atoms with van der Waals surface area (Å²) in [7, 11) is 0. The molecule has 0 atom stereocenters. The predicted octanol–water partition coefficient (Wildman–Crippen LogP) is 11.8. The van der Waals surface area contributed by atoms with Crippen LogP contribution in [-0.4, -0.2) is 0 Å². The Bertz CT molecular complexity index is 2300. The molecule has 45 heavy (non-hydrogen) atoms. The second-order valence-electron chi connectivity index (χ2n) is 11.2. The van der Waals surface area contributed by atoms with Crippen LogP contribution in [-0.2, 0) is 0 Å². The molecule has 8 rings (SSSR count). The molecule has 8 aromatic rings. The predicted molar refractivity (Wildman–Crippen MR) is 189 cm³/mol. The van der Waals surface area contributed by atoms with Crippen LogP contribution >= 0.6 is 0 Å². The number of rotatable bonds is 5. The Morgan fingerprint density at radius 1 is 0.378 bits per heavy atom. The first-order valence-corrected chi connectivity index (χ1v) is 15.2. The fourth-order valence-electron chi connectivity index (χ4n) is 6.66. The van der Waals surface area contributed by atoms with Crippen molar-refractivity contribution in [2.75, 3.05) is 4.90 Å². The fourth-order valence-corrected chi connectivity index (χ4v) is 6.66. The first-order chi connectivity index (χ1) is 22.3. The molecule has 2 heteroatoms. The number of hydrogen-bond acceptors (Lipinski definition) is 2. The van der Waals surface area contributed by atoms with Gasteiger partial charge in [-0.25, -0.2) is 0 Å². The van der Waals surface area contributed by atoms with Gasteiger partial charge in [-0.05, 0) is 103 Å². The van der Waals surface area contributed by atoms with Gasteiger partial charge in [0.15, 0.2) is 0 Å². The van der Waals surface area contributed by atoms with Gasteiger partial charge < -0.3 is 4.90 Å². The van der Waals surface area contributed by atoms with Gasteiger partial charge in [0, 0.05) is 17.1 Å². The quantitative estimate of drug-likeness (QED) is 0.192. The first-order valence-electron chi connectivity index (χ1n) is 15.2. The Labute approximate surface area is 262 Å². The molecule has 0 unspecified atom stereocenters. The molecule has 0 aliphatic rings. The number of nitrogens with zero attached hydrogens (tertiary/aromatic N) is 2. The second kappa shape index (κ2) is 11.2. The molecule has 0 bridgehead atoms. The van der Waals surface area contributed by atoms with E-state index in [1.165, 1.54) is 54.6 Å². The maximum absolute atomic E-state index is 9.36. The minimum Gasteiger partial charge on any atom is -0.311 e. The molecule has 0 amide bonds. The summed E-state index contributed by atoms with van der Waals surface area (Å²) in [4.78, 5) is 2.23. The van der Waals surface area contributed by atoms with Gasteiger partial charge in [0.2, 0.25) is 0 Å². The molecule has 0 aliphatic carbocycles. The molecule has 210 valence electrons. The van der Waals surface area contributed by atoms with E-state index in [9.17, 15) is 5.26 Å². The maximum Gasteiger partial charge on any atom is 0.0991 e. The summed E-state index contributed by atoms with van der Waals surface area (Å²) >= 11 is 0. The van der Waals surface area contributed by atoms with E-state index in [0.717, 1.165) is 17.1 Å². The molecule has 0 heterocycles.